The van der Waals surface area contributed by atoms with Gasteiger partial charge >= 0.3 is 0 Å². The van der Waals surface area contributed by atoms with Crippen LogP contribution < -0.4 is 15.8 Å². The Kier molecular flexibility index (Phi) is 4.81. The van der Waals surface area contributed by atoms with Crippen LogP contribution in [0.4, 0.5) is 11.4 Å². The molecule has 0 heterocycles. The molecule has 1 atom stereocenters. The first kappa shape index (κ1) is 15.3. The van der Waals surface area contributed by atoms with Gasteiger partial charge in [0.2, 0.25) is 5.91 Å². The number of benzene rings is 1. The van der Waals surface area contributed by atoms with Gasteiger partial charge in [-0.15, -0.1) is 0 Å². The van der Waals surface area contributed by atoms with E-state index in [0.717, 1.165) is 0 Å². The monoisotopic (exact) mass is 264 g/mol. The second-order valence-electron chi connectivity index (χ2n) is 5.97. The fourth-order valence-corrected chi connectivity index (χ4v) is 1.56. The van der Waals surface area contributed by atoms with Gasteiger partial charge in [-0.05, 0) is 23.5 Å². The lowest BCUT2D eigenvalue weighted by Crippen LogP contribution is -2.24. The molecule has 4 nitrogen and oxygen atoms in total. The SMILES string of the molecule is COc1ccc(N)c(NC(=O)CC(C)C(C)(C)C)c1. The van der Waals surface area contributed by atoms with Crippen molar-refractivity contribution in [1.82, 2.24) is 0 Å². The van der Waals surface area contributed by atoms with Gasteiger partial charge in [-0.3, -0.25) is 4.79 Å². The molecule has 0 bridgehead atoms. The van der Waals surface area contributed by atoms with Crippen molar-refractivity contribution in [3.63, 3.8) is 0 Å². The van der Waals surface area contributed by atoms with E-state index in [9.17, 15) is 4.79 Å². The van der Waals surface area contributed by atoms with E-state index in [1.807, 2.05) is 0 Å². The number of carbonyl (C=O) groups excluding carboxylic acids is 1. The highest BCUT2D eigenvalue weighted by molar-refractivity contribution is 5.94. The van der Waals surface area contributed by atoms with Gasteiger partial charge in [-0.1, -0.05) is 27.7 Å². The minimum Gasteiger partial charge on any atom is -0.497 e. The molecule has 1 aromatic rings. The second kappa shape index (κ2) is 5.95. The van der Waals surface area contributed by atoms with Crippen LogP contribution in [0.5, 0.6) is 5.75 Å². The predicted octanol–water partition coefficient (Wildman–Crippen LogP) is 3.29. The van der Waals surface area contributed by atoms with Crippen molar-refractivity contribution in [3.8, 4) is 5.75 Å². The lowest BCUT2D eigenvalue weighted by molar-refractivity contribution is -0.117. The molecule has 1 unspecified atom stereocenters. The summed E-state index contributed by atoms with van der Waals surface area (Å²) in [4.78, 5) is 12.0. The van der Waals surface area contributed by atoms with Crippen molar-refractivity contribution in [2.75, 3.05) is 18.2 Å². The molecule has 0 aliphatic heterocycles. The number of nitrogens with two attached hydrogens (primary N) is 1. The number of hydrogen-bond acceptors (Lipinski definition) is 3. The van der Waals surface area contributed by atoms with Gasteiger partial charge in [-0.2, -0.15) is 0 Å². The molecule has 0 saturated heterocycles. The van der Waals surface area contributed by atoms with Crippen LogP contribution in [0.2, 0.25) is 0 Å². The molecule has 19 heavy (non-hydrogen) atoms. The van der Waals surface area contributed by atoms with Gasteiger partial charge in [-0.25, -0.2) is 0 Å². The fourth-order valence-electron chi connectivity index (χ4n) is 1.56. The fraction of sp³-hybridized carbons (Fsp3) is 0.533. The van der Waals surface area contributed by atoms with Gasteiger partial charge < -0.3 is 15.8 Å². The Hall–Kier alpha value is -1.71. The maximum atomic E-state index is 12.0. The van der Waals surface area contributed by atoms with Gasteiger partial charge in [0.25, 0.3) is 0 Å². The third-order valence-corrected chi connectivity index (χ3v) is 3.50. The third-order valence-electron chi connectivity index (χ3n) is 3.50. The minimum atomic E-state index is -0.0256. The topological polar surface area (TPSA) is 64.3 Å². The van der Waals surface area contributed by atoms with Crippen LogP contribution >= 0.6 is 0 Å². The van der Waals surface area contributed by atoms with E-state index in [0.29, 0.717) is 29.5 Å². The normalized spacial score (nSPS) is 12.9. The minimum absolute atomic E-state index is 0.0256. The maximum absolute atomic E-state index is 12.0. The zero-order valence-electron chi connectivity index (χ0n) is 12.4. The van der Waals surface area contributed by atoms with Crippen LogP contribution in [-0.4, -0.2) is 13.0 Å². The zero-order chi connectivity index (χ0) is 14.6. The Labute approximate surface area is 115 Å². The average Bonchev–Trinajstić information content (AvgIpc) is 2.30. The highest BCUT2D eigenvalue weighted by atomic mass is 16.5. The van der Waals surface area contributed by atoms with Crippen molar-refractivity contribution < 1.29 is 9.53 Å². The lowest BCUT2D eigenvalue weighted by atomic mass is 9.80. The summed E-state index contributed by atoms with van der Waals surface area (Å²) in [6.07, 6.45) is 0.472. The summed E-state index contributed by atoms with van der Waals surface area (Å²) >= 11 is 0. The molecule has 1 rings (SSSR count). The summed E-state index contributed by atoms with van der Waals surface area (Å²) in [6, 6.07) is 5.22. The number of carbonyl (C=O) groups is 1. The van der Waals surface area contributed by atoms with Gasteiger partial charge in [0.1, 0.15) is 5.75 Å². The Bertz CT molecular complexity index is 450. The van der Waals surface area contributed by atoms with Gasteiger partial charge in [0.05, 0.1) is 18.5 Å². The summed E-state index contributed by atoms with van der Waals surface area (Å²) in [6.45, 7) is 8.47. The summed E-state index contributed by atoms with van der Waals surface area (Å²) in [7, 11) is 1.58. The molecule has 4 heteroatoms. The molecule has 0 aliphatic carbocycles. The van der Waals surface area contributed by atoms with Crippen molar-refractivity contribution >= 4 is 17.3 Å². The highest BCUT2D eigenvalue weighted by Gasteiger charge is 2.22. The van der Waals surface area contributed by atoms with E-state index in [2.05, 4.69) is 33.0 Å². The number of ether oxygens (including phenoxy) is 1. The molecule has 0 saturated carbocycles. The predicted molar refractivity (Wildman–Crippen MR) is 79.3 cm³/mol. The number of rotatable bonds is 4. The van der Waals surface area contributed by atoms with Crippen LogP contribution in [0, 0.1) is 11.3 Å². The van der Waals surface area contributed by atoms with E-state index in [1.54, 1.807) is 25.3 Å². The molecule has 106 valence electrons. The van der Waals surface area contributed by atoms with E-state index >= 15 is 0 Å². The van der Waals surface area contributed by atoms with Crippen LogP contribution in [0.3, 0.4) is 0 Å². The largest absolute Gasteiger partial charge is 0.497 e. The highest BCUT2D eigenvalue weighted by Crippen LogP contribution is 2.29. The smallest absolute Gasteiger partial charge is 0.224 e. The van der Waals surface area contributed by atoms with Crippen LogP contribution in [0.15, 0.2) is 18.2 Å². The van der Waals surface area contributed by atoms with Crippen LogP contribution in [0.1, 0.15) is 34.1 Å². The number of nitrogen functional groups attached to an aromatic ring is 1. The second-order valence-corrected chi connectivity index (χ2v) is 5.97. The van der Waals surface area contributed by atoms with E-state index in [1.165, 1.54) is 0 Å². The van der Waals surface area contributed by atoms with Crippen molar-refractivity contribution in [3.05, 3.63) is 18.2 Å². The molecular formula is C15H24N2O2. The zero-order valence-corrected chi connectivity index (χ0v) is 12.4. The van der Waals surface area contributed by atoms with Crippen molar-refractivity contribution in [1.29, 1.82) is 0 Å². The number of anilines is 2. The van der Waals surface area contributed by atoms with Crippen LogP contribution in [-0.2, 0) is 4.79 Å². The molecule has 0 spiro atoms. The number of amides is 1. The quantitative estimate of drug-likeness (QED) is 0.820. The molecule has 0 aromatic heterocycles. The summed E-state index contributed by atoms with van der Waals surface area (Å²) < 4.78 is 5.12. The van der Waals surface area contributed by atoms with Gasteiger partial charge in [0.15, 0.2) is 0 Å². The average molecular weight is 264 g/mol. The number of methoxy groups -OCH3 is 1. The summed E-state index contributed by atoms with van der Waals surface area (Å²) in [5.41, 5.74) is 7.09. The van der Waals surface area contributed by atoms with E-state index < -0.39 is 0 Å². The Morgan fingerprint density at radius 1 is 1.42 bits per heavy atom. The first-order chi connectivity index (χ1) is 8.74. The lowest BCUT2D eigenvalue weighted by Gasteiger charge is -2.26. The maximum Gasteiger partial charge on any atom is 0.224 e. The number of hydrogen-bond donors (Lipinski definition) is 2. The molecule has 3 N–H and O–H groups in total. The molecule has 1 amide bonds. The Balaban J connectivity index is 2.72. The summed E-state index contributed by atoms with van der Waals surface area (Å²) in [5, 5.41) is 2.84. The first-order valence-electron chi connectivity index (χ1n) is 6.47. The van der Waals surface area contributed by atoms with Gasteiger partial charge in [0, 0.05) is 12.5 Å². The number of nitrogens with one attached hydrogen (secondary N) is 1. The van der Waals surface area contributed by atoms with Crippen LogP contribution in [0.25, 0.3) is 0 Å². The Morgan fingerprint density at radius 3 is 2.58 bits per heavy atom. The first-order valence-corrected chi connectivity index (χ1v) is 6.47. The molecule has 0 radical (unpaired) electrons. The standard InChI is InChI=1S/C15H24N2O2/c1-10(15(2,3)4)8-14(18)17-13-9-11(19-5)6-7-12(13)16/h6-7,9-10H,8,16H2,1-5H3,(H,17,18). The Morgan fingerprint density at radius 2 is 2.05 bits per heavy atom. The van der Waals surface area contributed by atoms with Crippen molar-refractivity contribution in [2.24, 2.45) is 11.3 Å². The van der Waals surface area contributed by atoms with Crippen molar-refractivity contribution in [2.45, 2.75) is 34.1 Å². The third kappa shape index (κ3) is 4.47. The molecule has 0 fully saturated rings. The molecule has 1 aromatic carbocycles. The molecular weight excluding hydrogens is 240 g/mol. The molecule has 0 aliphatic rings. The van der Waals surface area contributed by atoms with E-state index in [4.69, 9.17) is 10.5 Å². The van der Waals surface area contributed by atoms with E-state index in [-0.39, 0.29) is 11.3 Å². The summed E-state index contributed by atoms with van der Waals surface area (Å²) in [5.74, 6) is 0.940.